The number of nitrogens with two attached hydrogens (primary N) is 1. The molecule has 0 aliphatic heterocycles. The second-order valence-electron chi connectivity index (χ2n) is 8.53. The number of carbonyl (C=O) groups excluding carboxylic acids is 1. The minimum Gasteiger partial charge on any atom is -0.495 e. The average Bonchev–Trinajstić information content (AvgIpc) is 2.93. The van der Waals surface area contributed by atoms with Crippen LogP contribution in [0.4, 0.5) is 35.3 Å². The molecule has 4 aromatic rings. The van der Waals surface area contributed by atoms with Crippen molar-refractivity contribution in [3.8, 4) is 23.1 Å². The van der Waals surface area contributed by atoms with Crippen molar-refractivity contribution in [3.05, 3.63) is 66.4 Å². The first kappa shape index (κ1) is 29.2. The highest BCUT2D eigenvalue weighted by molar-refractivity contribution is 6.08. The fourth-order valence-corrected chi connectivity index (χ4v) is 3.86. The largest absolute Gasteiger partial charge is 0.573 e. The number of rotatable bonds is 10. The number of carbonyl (C=O) groups is 1. The van der Waals surface area contributed by atoms with Crippen molar-refractivity contribution >= 4 is 34.1 Å². The number of hydrazine groups is 1. The lowest BCUT2D eigenvalue weighted by Crippen LogP contribution is -2.41. The molecule has 0 radical (unpaired) electrons. The standard InChI is InChI=1S/C27H27F3N6O5/c1-16-14-24(35-25(33-16)32-12-13-38-2)40-22-11-9-20(18-6-4-5-7-19(18)22)34-26(37)36(31)21-15-17(41-27(28,29)30)8-10-23(21)39-3/h4-11,14-15H,12-13,31H2,1-3H3,(H,34,37)(H,32,33,35). The van der Waals surface area contributed by atoms with Crippen LogP contribution in [0, 0.1) is 6.92 Å². The number of nitrogens with one attached hydrogen (secondary N) is 2. The molecule has 14 heteroatoms. The number of fused-ring (bicyclic) bond motifs is 1. The monoisotopic (exact) mass is 572 g/mol. The fraction of sp³-hybridized carbons (Fsp3) is 0.222. The number of nitrogens with zero attached hydrogens (tertiary/aromatic N) is 3. The lowest BCUT2D eigenvalue weighted by atomic mass is 10.1. The summed E-state index contributed by atoms with van der Waals surface area (Å²) in [5, 5.41) is 7.63. The van der Waals surface area contributed by atoms with Crippen LogP contribution in [0.2, 0.25) is 0 Å². The highest BCUT2D eigenvalue weighted by atomic mass is 19.4. The lowest BCUT2D eigenvalue weighted by Gasteiger charge is -2.21. The van der Waals surface area contributed by atoms with Gasteiger partial charge in [0.15, 0.2) is 0 Å². The van der Waals surface area contributed by atoms with Gasteiger partial charge in [-0.2, -0.15) is 4.98 Å². The summed E-state index contributed by atoms with van der Waals surface area (Å²) in [4.78, 5) is 21.8. The zero-order chi connectivity index (χ0) is 29.6. The second kappa shape index (κ2) is 12.6. The van der Waals surface area contributed by atoms with Crippen LogP contribution in [0.25, 0.3) is 10.8 Å². The van der Waals surface area contributed by atoms with Gasteiger partial charge in [-0.25, -0.2) is 20.6 Å². The number of hydrogen-bond acceptors (Lipinski definition) is 9. The maximum Gasteiger partial charge on any atom is 0.573 e. The summed E-state index contributed by atoms with van der Waals surface area (Å²) in [7, 11) is 2.89. The third-order valence-corrected chi connectivity index (χ3v) is 5.62. The predicted octanol–water partition coefficient (Wildman–Crippen LogP) is 5.61. The molecular formula is C27H27F3N6O5. The molecule has 11 nitrogen and oxygen atoms in total. The summed E-state index contributed by atoms with van der Waals surface area (Å²) in [5.41, 5.74) is 0.909. The number of aryl methyl sites for hydroxylation is 1. The normalized spacial score (nSPS) is 11.2. The molecule has 4 rings (SSSR count). The van der Waals surface area contributed by atoms with Gasteiger partial charge in [-0.1, -0.05) is 24.3 Å². The van der Waals surface area contributed by atoms with Gasteiger partial charge in [-0.3, -0.25) is 0 Å². The first-order valence-corrected chi connectivity index (χ1v) is 12.2. The Morgan fingerprint density at radius 3 is 2.44 bits per heavy atom. The molecule has 1 aromatic heterocycles. The summed E-state index contributed by atoms with van der Waals surface area (Å²) in [6.07, 6.45) is -4.93. The van der Waals surface area contributed by atoms with Gasteiger partial charge in [0, 0.05) is 42.3 Å². The van der Waals surface area contributed by atoms with E-state index in [0.29, 0.717) is 57.9 Å². The van der Waals surface area contributed by atoms with Crippen molar-refractivity contribution in [1.29, 1.82) is 0 Å². The van der Waals surface area contributed by atoms with Crippen molar-refractivity contribution in [3.63, 3.8) is 0 Å². The summed E-state index contributed by atoms with van der Waals surface area (Å²) < 4.78 is 58.4. The predicted molar refractivity (Wildman–Crippen MR) is 147 cm³/mol. The van der Waals surface area contributed by atoms with Crippen LogP contribution in [-0.2, 0) is 4.74 Å². The molecule has 0 aliphatic rings. The van der Waals surface area contributed by atoms with Crippen molar-refractivity contribution in [2.24, 2.45) is 5.84 Å². The Balaban J connectivity index is 1.59. The molecule has 0 unspecified atom stereocenters. The van der Waals surface area contributed by atoms with Gasteiger partial charge >= 0.3 is 12.4 Å². The Kier molecular flexibility index (Phi) is 8.94. The zero-order valence-electron chi connectivity index (χ0n) is 22.3. The van der Waals surface area contributed by atoms with Gasteiger partial charge in [-0.05, 0) is 31.2 Å². The van der Waals surface area contributed by atoms with E-state index in [9.17, 15) is 18.0 Å². The van der Waals surface area contributed by atoms with E-state index in [1.54, 1.807) is 49.6 Å². The highest BCUT2D eigenvalue weighted by Crippen LogP contribution is 2.36. The minimum atomic E-state index is -4.93. The van der Waals surface area contributed by atoms with Crippen LogP contribution in [0.5, 0.6) is 23.1 Å². The van der Waals surface area contributed by atoms with E-state index in [-0.39, 0.29) is 11.4 Å². The fourth-order valence-electron chi connectivity index (χ4n) is 3.86. The summed E-state index contributed by atoms with van der Waals surface area (Å²) in [6.45, 7) is 2.80. The van der Waals surface area contributed by atoms with Gasteiger partial charge in [0.1, 0.15) is 22.9 Å². The molecule has 41 heavy (non-hydrogen) atoms. The smallest absolute Gasteiger partial charge is 0.495 e. The van der Waals surface area contributed by atoms with Crippen LogP contribution < -0.4 is 35.7 Å². The number of anilines is 3. The average molecular weight is 573 g/mol. The summed E-state index contributed by atoms with van der Waals surface area (Å²) in [5.74, 6) is 6.63. The molecule has 0 aliphatic carbocycles. The zero-order valence-corrected chi connectivity index (χ0v) is 22.3. The van der Waals surface area contributed by atoms with E-state index in [2.05, 4.69) is 25.3 Å². The van der Waals surface area contributed by atoms with E-state index < -0.39 is 18.1 Å². The molecule has 1 heterocycles. The van der Waals surface area contributed by atoms with Gasteiger partial charge in [0.05, 0.1) is 19.4 Å². The lowest BCUT2D eigenvalue weighted by molar-refractivity contribution is -0.274. The van der Waals surface area contributed by atoms with Gasteiger partial charge in [-0.15, -0.1) is 13.2 Å². The van der Waals surface area contributed by atoms with Crippen molar-refractivity contribution in [2.75, 3.05) is 43.0 Å². The van der Waals surface area contributed by atoms with Gasteiger partial charge in [0.2, 0.25) is 11.8 Å². The summed E-state index contributed by atoms with van der Waals surface area (Å²) in [6, 6.07) is 14.4. The van der Waals surface area contributed by atoms with Crippen LogP contribution in [-0.4, -0.2) is 49.7 Å². The molecule has 2 amide bonds. The molecule has 0 saturated heterocycles. The number of aromatic nitrogens is 2. The molecule has 4 N–H and O–H groups in total. The number of ether oxygens (including phenoxy) is 4. The van der Waals surface area contributed by atoms with Crippen molar-refractivity contribution < 1.29 is 36.9 Å². The number of halogens is 3. The Bertz CT molecular complexity index is 1540. The molecule has 0 fully saturated rings. The van der Waals surface area contributed by atoms with Crippen molar-refractivity contribution in [1.82, 2.24) is 9.97 Å². The van der Waals surface area contributed by atoms with Crippen LogP contribution in [0.3, 0.4) is 0 Å². The number of benzene rings is 3. The Morgan fingerprint density at radius 1 is 1.00 bits per heavy atom. The first-order chi connectivity index (χ1) is 19.6. The number of hydrogen-bond donors (Lipinski definition) is 3. The number of methoxy groups -OCH3 is 2. The molecule has 0 spiro atoms. The van der Waals surface area contributed by atoms with Gasteiger partial charge < -0.3 is 29.6 Å². The van der Waals surface area contributed by atoms with Crippen LogP contribution in [0.1, 0.15) is 5.69 Å². The highest BCUT2D eigenvalue weighted by Gasteiger charge is 2.32. The maximum atomic E-state index is 13.1. The molecule has 216 valence electrons. The number of urea groups is 1. The SMILES string of the molecule is COCCNc1nc(C)cc(Oc2ccc(NC(=O)N(N)c3cc(OC(F)(F)F)ccc3OC)c3ccccc23)n1. The molecule has 0 bridgehead atoms. The van der Waals surface area contributed by atoms with E-state index >= 15 is 0 Å². The Morgan fingerprint density at radius 2 is 1.73 bits per heavy atom. The topological polar surface area (TPSA) is 133 Å². The molecule has 0 atom stereocenters. The number of amides is 2. The third-order valence-electron chi connectivity index (χ3n) is 5.62. The van der Waals surface area contributed by atoms with E-state index in [1.165, 1.54) is 13.2 Å². The van der Waals surface area contributed by atoms with E-state index in [0.717, 1.165) is 12.1 Å². The van der Waals surface area contributed by atoms with Gasteiger partial charge in [0.25, 0.3) is 0 Å². The van der Waals surface area contributed by atoms with Crippen molar-refractivity contribution in [2.45, 2.75) is 13.3 Å². The van der Waals surface area contributed by atoms with E-state index in [1.807, 2.05) is 6.92 Å². The molecule has 3 aromatic carbocycles. The Labute approximate surface area is 233 Å². The van der Waals surface area contributed by atoms with Crippen LogP contribution in [0.15, 0.2) is 60.7 Å². The Hall–Kier alpha value is -4.82. The quantitative estimate of drug-likeness (QED) is 0.0960. The van der Waals surface area contributed by atoms with E-state index in [4.69, 9.17) is 20.1 Å². The minimum absolute atomic E-state index is 0.0574. The summed E-state index contributed by atoms with van der Waals surface area (Å²) >= 11 is 0. The maximum absolute atomic E-state index is 13.1. The second-order valence-corrected chi connectivity index (χ2v) is 8.53. The number of alkyl halides is 3. The van der Waals surface area contributed by atoms with Crippen LogP contribution >= 0.6 is 0 Å². The third kappa shape index (κ3) is 7.43. The first-order valence-electron chi connectivity index (χ1n) is 12.2. The molecular weight excluding hydrogens is 545 g/mol. The molecule has 0 saturated carbocycles.